The molecule has 0 aliphatic heterocycles. The van der Waals surface area contributed by atoms with Gasteiger partial charge >= 0.3 is 0 Å². The molecule has 1 aromatic carbocycles. The number of likely N-dealkylation sites (N-methyl/N-ethyl adjacent to an activating group) is 1. The molecule has 0 spiro atoms. The van der Waals surface area contributed by atoms with Crippen molar-refractivity contribution in [3.63, 3.8) is 0 Å². The third kappa shape index (κ3) is 4.45. The minimum absolute atomic E-state index is 0.294. The molecule has 5 nitrogen and oxygen atoms in total. The van der Waals surface area contributed by atoms with Gasteiger partial charge in [-0.2, -0.15) is 4.31 Å². The smallest absolute Gasteiger partial charge is 0.239 e. The number of carbonyl (C=O) groups excluding carboxylic acids is 1. The Morgan fingerprint density at radius 3 is 2.39 bits per heavy atom. The molecule has 0 atom stereocenters. The maximum atomic E-state index is 11.6. The van der Waals surface area contributed by atoms with Gasteiger partial charge in [-0.15, -0.1) is 11.6 Å². The fraction of sp³-hybridized carbons (Fsp3) is 0.300. The number of benzene rings is 1. The highest BCUT2D eigenvalue weighted by atomic mass is 35.5. The molecule has 100 valence electrons. The number of nitrogens with zero attached hydrogens (tertiary/aromatic N) is 1. The highest BCUT2D eigenvalue weighted by Crippen LogP contribution is 2.13. The molecule has 0 radical (unpaired) electrons. The van der Waals surface area contributed by atoms with Gasteiger partial charge in [0.05, 0.1) is 6.54 Å². The van der Waals surface area contributed by atoms with Crippen molar-refractivity contribution in [2.24, 2.45) is 0 Å². The zero-order chi connectivity index (χ0) is 13.8. The first-order valence-electron chi connectivity index (χ1n) is 4.90. The van der Waals surface area contributed by atoms with Crippen LogP contribution in [0.15, 0.2) is 24.3 Å². The number of sulfonamides is 1. The van der Waals surface area contributed by atoms with Crippen molar-refractivity contribution < 1.29 is 13.2 Å². The van der Waals surface area contributed by atoms with Crippen molar-refractivity contribution in [3.8, 4) is 0 Å². The van der Waals surface area contributed by atoms with Crippen molar-refractivity contribution in [1.29, 1.82) is 0 Å². The molecular formula is C10H12Cl2N2O3S. The van der Waals surface area contributed by atoms with Crippen LogP contribution in [0.5, 0.6) is 0 Å². The minimum atomic E-state index is -3.58. The van der Waals surface area contributed by atoms with Crippen LogP contribution in [0, 0.1) is 0 Å². The average Bonchev–Trinajstić information content (AvgIpc) is 2.32. The molecule has 0 heterocycles. The van der Waals surface area contributed by atoms with E-state index in [1.54, 1.807) is 24.3 Å². The van der Waals surface area contributed by atoms with Crippen LogP contribution in [0.2, 0.25) is 5.02 Å². The van der Waals surface area contributed by atoms with E-state index >= 15 is 0 Å². The highest BCUT2D eigenvalue weighted by molar-refractivity contribution is 7.90. The topological polar surface area (TPSA) is 66.5 Å². The molecule has 0 fully saturated rings. The summed E-state index contributed by atoms with van der Waals surface area (Å²) < 4.78 is 23.6. The Morgan fingerprint density at radius 2 is 1.89 bits per heavy atom. The van der Waals surface area contributed by atoms with Gasteiger partial charge in [-0.1, -0.05) is 11.6 Å². The first kappa shape index (κ1) is 15.2. The van der Waals surface area contributed by atoms with Gasteiger partial charge < -0.3 is 5.32 Å². The number of carbonyl (C=O) groups is 1. The van der Waals surface area contributed by atoms with E-state index in [4.69, 9.17) is 23.2 Å². The zero-order valence-corrected chi connectivity index (χ0v) is 11.9. The van der Waals surface area contributed by atoms with Crippen LogP contribution in [0.3, 0.4) is 0 Å². The summed E-state index contributed by atoms with van der Waals surface area (Å²) in [6.45, 7) is -0.294. The molecule has 18 heavy (non-hydrogen) atoms. The fourth-order valence-electron chi connectivity index (χ4n) is 1.12. The number of nitrogens with one attached hydrogen (secondary N) is 1. The molecule has 8 heteroatoms. The second kappa shape index (κ2) is 6.38. The molecule has 1 aromatic rings. The Kier molecular flexibility index (Phi) is 5.40. The number of hydrogen-bond acceptors (Lipinski definition) is 3. The van der Waals surface area contributed by atoms with Gasteiger partial charge in [-0.25, -0.2) is 8.42 Å². The predicted octanol–water partition coefficient (Wildman–Crippen LogP) is 1.74. The van der Waals surface area contributed by atoms with Gasteiger partial charge in [-0.05, 0) is 24.3 Å². The van der Waals surface area contributed by atoms with Crippen molar-refractivity contribution in [3.05, 3.63) is 29.3 Å². The molecule has 1 amide bonds. The van der Waals surface area contributed by atoms with Crippen molar-refractivity contribution in [2.45, 2.75) is 0 Å². The summed E-state index contributed by atoms with van der Waals surface area (Å²) >= 11 is 11.0. The monoisotopic (exact) mass is 310 g/mol. The van der Waals surface area contributed by atoms with Crippen molar-refractivity contribution >= 4 is 44.8 Å². The lowest BCUT2D eigenvalue weighted by atomic mass is 10.3. The van der Waals surface area contributed by atoms with E-state index in [1.165, 1.54) is 7.05 Å². The van der Waals surface area contributed by atoms with E-state index in [0.29, 0.717) is 10.7 Å². The van der Waals surface area contributed by atoms with Crippen LogP contribution < -0.4 is 5.32 Å². The Bertz CT molecular complexity index is 516. The number of anilines is 1. The summed E-state index contributed by atoms with van der Waals surface area (Å²) in [5.74, 6) is -0.450. The number of halogens is 2. The van der Waals surface area contributed by atoms with E-state index in [2.05, 4.69) is 5.32 Å². The van der Waals surface area contributed by atoms with E-state index in [-0.39, 0.29) is 6.54 Å². The van der Waals surface area contributed by atoms with Crippen molar-refractivity contribution in [2.75, 3.05) is 24.1 Å². The molecule has 1 rings (SSSR count). The summed E-state index contributed by atoms with van der Waals surface area (Å²) in [5.41, 5.74) is 0.543. The molecule has 0 bridgehead atoms. The molecule has 0 aromatic heterocycles. The van der Waals surface area contributed by atoms with Crippen LogP contribution in [-0.2, 0) is 14.8 Å². The maximum absolute atomic E-state index is 11.6. The standard InChI is InChI=1S/C10H12Cl2N2O3S/c1-14(18(16,17)7-11)6-10(15)13-9-4-2-8(12)3-5-9/h2-5H,6-7H2,1H3,(H,13,15). The lowest BCUT2D eigenvalue weighted by Gasteiger charge is -2.14. The quantitative estimate of drug-likeness (QED) is 0.842. The van der Waals surface area contributed by atoms with Crippen LogP contribution in [0.4, 0.5) is 5.69 Å². The largest absolute Gasteiger partial charge is 0.325 e. The lowest BCUT2D eigenvalue weighted by molar-refractivity contribution is -0.116. The van der Waals surface area contributed by atoms with Gasteiger partial charge in [0, 0.05) is 17.8 Å². The number of hydrogen-bond donors (Lipinski definition) is 1. The number of rotatable bonds is 5. The fourth-order valence-corrected chi connectivity index (χ4v) is 2.22. The third-order valence-electron chi connectivity index (χ3n) is 2.11. The van der Waals surface area contributed by atoms with Gasteiger partial charge in [0.25, 0.3) is 0 Å². The first-order chi connectivity index (χ1) is 8.35. The molecule has 0 saturated carbocycles. The molecule has 0 aliphatic carbocycles. The second-order valence-electron chi connectivity index (χ2n) is 3.53. The Labute approximate surface area is 116 Å². The number of amides is 1. The zero-order valence-electron chi connectivity index (χ0n) is 9.56. The molecule has 0 saturated heterocycles. The summed E-state index contributed by atoms with van der Waals surface area (Å²) in [4.78, 5) is 11.6. The average molecular weight is 311 g/mol. The van der Waals surface area contributed by atoms with Gasteiger partial charge in [-0.3, -0.25) is 4.79 Å². The molecule has 0 unspecified atom stereocenters. The summed E-state index contributed by atoms with van der Waals surface area (Å²) in [6, 6.07) is 6.49. The van der Waals surface area contributed by atoms with E-state index in [9.17, 15) is 13.2 Å². The Balaban J connectivity index is 2.60. The van der Waals surface area contributed by atoms with Crippen LogP contribution in [0.1, 0.15) is 0 Å². The normalized spacial score (nSPS) is 11.6. The van der Waals surface area contributed by atoms with E-state index in [1.807, 2.05) is 0 Å². The Morgan fingerprint density at radius 1 is 1.33 bits per heavy atom. The molecule has 1 N–H and O–H groups in total. The molecule has 0 aliphatic rings. The van der Waals surface area contributed by atoms with E-state index < -0.39 is 21.1 Å². The van der Waals surface area contributed by atoms with E-state index in [0.717, 1.165) is 4.31 Å². The SMILES string of the molecule is CN(CC(=O)Nc1ccc(Cl)cc1)S(=O)(=O)CCl. The van der Waals surface area contributed by atoms with Crippen LogP contribution in [0.25, 0.3) is 0 Å². The summed E-state index contributed by atoms with van der Waals surface area (Å²) in [6.07, 6.45) is 0. The first-order valence-corrected chi connectivity index (χ1v) is 7.42. The number of alkyl halides is 1. The summed E-state index contributed by atoms with van der Waals surface area (Å²) in [5, 5.41) is 2.54. The van der Waals surface area contributed by atoms with Gasteiger partial charge in [0.15, 0.2) is 0 Å². The second-order valence-corrected chi connectivity index (χ2v) is 6.63. The third-order valence-corrected chi connectivity index (χ3v) is 4.54. The van der Waals surface area contributed by atoms with Crippen LogP contribution in [-0.4, -0.2) is 37.4 Å². The Hall–Kier alpha value is -0.820. The molecular weight excluding hydrogens is 299 g/mol. The van der Waals surface area contributed by atoms with Crippen molar-refractivity contribution in [1.82, 2.24) is 4.31 Å². The van der Waals surface area contributed by atoms with Crippen LogP contribution >= 0.6 is 23.2 Å². The van der Waals surface area contributed by atoms with Gasteiger partial charge in [0.2, 0.25) is 15.9 Å². The minimum Gasteiger partial charge on any atom is -0.325 e. The summed E-state index contributed by atoms with van der Waals surface area (Å²) in [7, 11) is -2.28. The lowest BCUT2D eigenvalue weighted by Crippen LogP contribution is -2.35. The predicted molar refractivity (Wildman–Crippen MR) is 72.4 cm³/mol. The maximum Gasteiger partial charge on any atom is 0.239 e. The highest BCUT2D eigenvalue weighted by Gasteiger charge is 2.19. The van der Waals surface area contributed by atoms with Gasteiger partial charge in [0.1, 0.15) is 5.21 Å².